The van der Waals surface area contributed by atoms with Gasteiger partial charge in [0, 0.05) is 19.5 Å². The molecule has 0 bridgehead atoms. The van der Waals surface area contributed by atoms with E-state index in [9.17, 15) is 4.79 Å². The van der Waals surface area contributed by atoms with Gasteiger partial charge in [-0.05, 0) is 24.6 Å². The molecule has 0 saturated carbocycles. The molecule has 0 spiro atoms. The molecular weight excluding hydrogens is 218 g/mol. The third-order valence-electron chi connectivity index (χ3n) is 2.58. The molecule has 94 valence electrons. The maximum absolute atomic E-state index is 10.4. The summed E-state index contributed by atoms with van der Waals surface area (Å²) in [5, 5.41) is 17.4. The monoisotopic (exact) mass is 237 g/mol. The number of nitrogens with zero attached hydrogens (tertiary/aromatic N) is 1. The SMILES string of the molecule is CN(CCO)Cc1ccc(CCC(=O)O)cc1. The van der Waals surface area contributed by atoms with Crippen LogP contribution in [0.25, 0.3) is 0 Å². The molecule has 0 amide bonds. The Morgan fingerprint density at radius 2 is 1.82 bits per heavy atom. The number of carbonyl (C=O) groups is 1. The van der Waals surface area contributed by atoms with Gasteiger partial charge in [-0.25, -0.2) is 0 Å². The predicted molar refractivity (Wildman–Crippen MR) is 65.8 cm³/mol. The molecule has 4 heteroatoms. The van der Waals surface area contributed by atoms with Crippen LogP contribution in [0.4, 0.5) is 0 Å². The average Bonchev–Trinajstić information content (AvgIpc) is 2.28. The molecule has 0 saturated heterocycles. The molecule has 17 heavy (non-hydrogen) atoms. The van der Waals surface area contributed by atoms with Gasteiger partial charge in [0.15, 0.2) is 0 Å². The number of rotatable bonds is 7. The minimum atomic E-state index is -0.767. The van der Waals surface area contributed by atoms with E-state index in [4.69, 9.17) is 10.2 Å². The van der Waals surface area contributed by atoms with Gasteiger partial charge in [-0.2, -0.15) is 0 Å². The lowest BCUT2D eigenvalue weighted by molar-refractivity contribution is -0.136. The molecule has 4 nitrogen and oxygen atoms in total. The van der Waals surface area contributed by atoms with Crippen molar-refractivity contribution in [2.45, 2.75) is 19.4 Å². The molecule has 0 aliphatic rings. The summed E-state index contributed by atoms with van der Waals surface area (Å²) < 4.78 is 0. The zero-order valence-corrected chi connectivity index (χ0v) is 10.1. The zero-order valence-electron chi connectivity index (χ0n) is 10.1. The Morgan fingerprint density at radius 3 is 2.35 bits per heavy atom. The standard InChI is InChI=1S/C13H19NO3/c1-14(8-9-15)10-12-4-2-11(3-5-12)6-7-13(16)17/h2-5,15H,6-10H2,1H3,(H,16,17). The third kappa shape index (κ3) is 5.47. The molecule has 0 aliphatic carbocycles. The van der Waals surface area contributed by atoms with E-state index in [2.05, 4.69) is 0 Å². The Morgan fingerprint density at radius 1 is 1.24 bits per heavy atom. The summed E-state index contributed by atoms with van der Waals surface area (Å²) in [6, 6.07) is 7.94. The van der Waals surface area contributed by atoms with E-state index in [1.807, 2.05) is 36.2 Å². The molecule has 2 N–H and O–H groups in total. The van der Waals surface area contributed by atoms with E-state index in [0.29, 0.717) is 13.0 Å². The molecule has 0 aromatic heterocycles. The lowest BCUT2D eigenvalue weighted by Gasteiger charge is -2.15. The molecule has 1 aromatic rings. The van der Waals surface area contributed by atoms with Gasteiger partial charge in [0.05, 0.1) is 6.61 Å². The maximum atomic E-state index is 10.4. The Labute approximate surface area is 101 Å². The number of aliphatic hydroxyl groups is 1. The van der Waals surface area contributed by atoms with Crippen molar-refractivity contribution in [1.29, 1.82) is 0 Å². The predicted octanol–water partition coefficient (Wildman–Crippen LogP) is 1.13. The fourth-order valence-electron chi connectivity index (χ4n) is 1.62. The van der Waals surface area contributed by atoms with E-state index < -0.39 is 5.97 Å². The van der Waals surface area contributed by atoms with Crippen LogP contribution in [-0.4, -0.2) is 41.3 Å². The first-order valence-corrected chi connectivity index (χ1v) is 5.71. The second-order valence-electron chi connectivity index (χ2n) is 4.17. The topological polar surface area (TPSA) is 60.8 Å². The van der Waals surface area contributed by atoms with E-state index in [1.165, 1.54) is 5.56 Å². The van der Waals surface area contributed by atoms with Crippen molar-refractivity contribution < 1.29 is 15.0 Å². The largest absolute Gasteiger partial charge is 0.481 e. The molecular formula is C13H19NO3. The molecule has 0 atom stereocenters. The van der Waals surface area contributed by atoms with Crippen molar-refractivity contribution in [1.82, 2.24) is 4.90 Å². The summed E-state index contributed by atoms with van der Waals surface area (Å²) >= 11 is 0. The minimum Gasteiger partial charge on any atom is -0.481 e. The van der Waals surface area contributed by atoms with Gasteiger partial charge >= 0.3 is 5.97 Å². The number of hydrogen-bond acceptors (Lipinski definition) is 3. The highest BCUT2D eigenvalue weighted by Gasteiger charge is 2.01. The molecule has 0 unspecified atom stereocenters. The highest BCUT2D eigenvalue weighted by atomic mass is 16.4. The first kappa shape index (κ1) is 13.7. The van der Waals surface area contributed by atoms with Crippen molar-refractivity contribution >= 4 is 5.97 Å². The summed E-state index contributed by atoms with van der Waals surface area (Å²) in [6.45, 7) is 1.60. The first-order chi connectivity index (χ1) is 8.11. The van der Waals surface area contributed by atoms with Gasteiger partial charge in [-0.15, -0.1) is 0 Å². The normalized spacial score (nSPS) is 10.8. The second kappa shape index (κ2) is 7.04. The maximum Gasteiger partial charge on any atom is 0.303 e. The number of aliphatic carboxylic acids is 1. The van der Waals surface area contributed by atoms with E-state index in [1.54, 1.807) is 0 Å². The number of benzene rings is 1. The van der Waals surface area contributed by atoms with Crippen molar-refractivity contribution in [2.75, 3.05) is 20.2 Å². The quantitative estimate of drug-likeness (QED) is 0.746. The van der Waals surface area contributed by atoms with Crippen LogP contribution in [0.1, 0.15) is 17.5 Å². The number of carboxylic acid groups (broad SMARTS) is 1. The summed E-state index contributed by atoms with van der Waals surface area (Å²) in [7, 11) is 1.95. The first-order valence-electron chi connectivity index (χ1n) is 5.71. The van der Waals surface area contributed by atoms with Crippen molar-refractivity contribution in [3.05, 3.63) is 35.4 Å². The van der Waals surface area contributed by atoms with Gasteiger partial charge in [-0.1, -0.05) is 24.3 Å². The van der Waals surface area contributed by atoms with Crippen LogP contribution < -0.4 is 0 Å². The van der Waals surface area contributed by atoms with Crippen LogP contribution in [0.5, 0.6) is 0 Å². The Balaban J connectivity index is 2.47. The molecule has 0 fully saturated rings. The highest BCUT2D eigenvalue weighted by molar-refractivity contribution is 5.67. The lowest BCUT2D eigenvalue weighted by Crippen LogP contribution is -2.21. The van der Waals surface area contributed by atoms with E-state index in [0.717, 1.165) is 12.1 Å². The molecule has 1 rings (SSSR count). The number of hydrogen-bond donors (Lipinski definition) is 2. The van der Waals surface area contributed by atoms with Crippen LogP contribution in [0.2, 0.25) is 0 Å². The van der Waals surface area contributed by atoms with Crippen molar-refractivity contribution in [3.63, 3.8) is 0 Å². The van der Waals surface area contributed by atoms with Crippen LogP contribution in [-0.2, 0) is 17.8 Å². The summed E-state index contributed by atoms with van der Waals surface area (Å²) in [4.78, 5) is 12.5. The van der Waals surface area contributed by atoms with Gasteiger partial charge in [0.1, 0.15) is 0 Å². The van der Waals surface area contributed by atoms with Gasteiger partial charge in [0.2, 0.25) is 0 Å². The van der Waals surface area contributed by atoms with Gasteiger partial charge < -0.3 is 10.2 Å². The molecule has 0 heterocycles. The fraction of sp³-hybridized carbons (Fsp3) is 0.462. The summed E-state index contributed by atoms with van der Waals surface area (Å²) in [5.41, 5.74) is 2.21. The number of carboxylic acids is 1. The Bertz CT molecular complexity index is 348. The van der Waals surface area contributed by atoms with Crippen LogP contribution in [0.15, 0.2) is 24.3 Å². The summed E-state index contributed by atoms with van der Waals surface area (Å²) in [5.74, 6) is -0.767. The summed E-state index contributed by atoms with van der Waals surface area (Å²) in [6.07, 6.45) is 0.742. The number of aliphatic hydroxyl groups excluding tert-OH is 1. The van der Waals surface area contributed by atoms with Crippen LogP contribution in [0, 0.1) is 0 Å². The number of likely N-dealkylation sites (N-methyl/N-ethyl adjacent to an activating group) is 1. The van der Waals surface area contributed by atoms with Crippen LogP contribution in [0.3, 0.4) is 0 Å². The fourth-order valence-corrected chi connectivity index (χ4v) is 1.62. The zero-order chi connectivity index (χ0) is 12.7. The van der Waals surface area contributed by atoms with E-state index in [-0.39, 0.29) is 13.0 Å². The van der Waals surface area contributed by atoms with E-state index >= 15 is 0 Å². The van der Waals surface area contributed by atoms with Gasteiger partial charge in [-0.3, -0.25) is 9.69 Å². The third-order valence-corrected chi connectivity index (χ3v) is 2.58. The molecule has 1 aromatic carbocycles. The van der Waals surface area contributed by atoms with Gasteiger partial charge in [0.25, 0.3) is 0 Å². The molecule has 0 radical (unpaired) electrons. The smallest absolute Gasteiger partial charge is 0.303 e. The van der Waals surface area contributed by atoms with Crippen molar-refractivity contribution in [2.24, 2.45) is 0 Å². The minimum absolute atomic E-state index is 0.160. The van der Waals surface area contributed by atoms with Crippen molar-refractivity contribution in [3.8, 4) is 0 Å². The Hall–Kier alpha value is -1.39. The number of aryl methyl sites for hydroxylation is 1. The Kier molecular flexibility index (Phi) is 5.66. The average molecular weight is 237 g/mol. The highest BCUT2D eigenvalue weighted by Crippen LogP contribution is 2.08. The van der Waals surface area contributed by atoms with Crippen LogP contribution >= 0.6 is 0 Å². The second-order valence-corrected chi connectivity index (χ2v) is 4.17. The lowest BCUT2D eigenvalue weighted by atomic mass is 10.1. The molecule has 0 aliphatic heterocycles.